The Morgan fingerprint density at radius 3 is 2.20 bits per heavy atom. The minimum atomic E-state index is -4.97. The largest absolute Gasteiger partial charge is 0.417 e. The number of carbonyl (C=O) groups is 1. The van der Waals surface area contributed by atoms with Crippen LogP contribution in [0.5, 0.6) is 0 Å². The van der Waals surface area contributed by atoms with Crippen LogP contribution in [0.25, 0.3) is 0 Å². The summed E-state index contributed by atoms with van der Waals surface area (Å²) in [5, 5.41) is 11.5. The molecule has 1 amide bonds. The van der Waals surface area contributed by atoms with Crippen LogP contribution >= 0.6 is 0 Å². The maximum atomic E-state index is 12.6. The van der Waals surface area contributed by atoms with Crippen molar-refractivity contribution in [3.63, 3.8) is 0 Å². The van der Waals surface area contributed by atoms with Gasteiger partial charge in [-0.15, -0.1) is 0 Å². The first-order chi connectivity index (χ1) is 11.0. The van der Waals surface area contributed by atoms with Crippen molar-refractivity contribution in [3.8, 4) is 0 Å². The van der Waals surface area contributed by atoms with E-state index in [1.165, 1.54) is 18.2 Å². The summed E-state index contributed by atoms with van der Waals surface area (Å²) in [6, 6.07) is 5.08. The molecular formula is C15H21F3N2O4S. The number of carbonyl (C=O) groups excluding carboxylic acids is 1. The number of sulfonamides is 1. The Bertz CT molecular complexity index is 738. The molecular weight excluding hydrogens is 361 g/mol. The van der Waals surface area contributed by atoms with Crippen molar-refractivity contribution in [3.05, 3.63) is 24.3 Å². The average molecular weight is 382 g/mol. The Labute approximate surface area is 144 Å². The number of benzene rings is 1. The monoisotopic (exact) mass is 382 g/mol. The fourth-order valence-electron chi connectivity index (χ4n) is 1.82. The summed E-state index contributed by atoms with van der Waals surface area (Å²) in [4.78, 5) is 11.6. The van der Waals surface area contributed by atoms with Gasteiger partial charge in [0.1, 0.15) is 0 Å². The minimum absolute atomic E-state index is 0.000223. The van der Waals surface area contributed by atoms with E-state index in [9.17, 15) is 31.5 Å². The van der Waals surface area contributed by atoms with Gasteiger partial charge in [0, 0.05) is 11.2 Å². The molecule has 0 saturated carbocycles. The molecule has 6 nitrogen and oxygen atoms in total. The van der Waals surface area contributed by atoms with Gasteiger partial charge in [-0.1, -0.05) is 6.07 Å². The van der Waals surface area contributed by atoms with Gasteiger partial charge in [0.25, 0.3) is 0 Å². The molecule has 0 aliphatic rings. The van der Waals surface area contributed by atoms with Gasteiger partial charge in [-0.2, -0.15) is 13.2 Å². The third kappa shape index (κ3) is 6.29. The Kier molecular flexibility index (Phi) is 5.93. The zero-order chi connectivity index (χ0) is 19.7. The van der Waals surface area contributed by atoms with Crippen LogP contribution in [0.15, 0.2) is 29.2 Å². The van der Waals surface area contributed by atoms with Gasteiger partial charge < -0.3 is 10.4 Å². The van der Waals surface area contributed by atoms with Gasteiger partial charge >= 0.3 is 6.18 Å². The molecule has 0 heterocycles. The topological polar surface area (TPSA) is 95.5 Å². The van der Waals surface area contributed by atoms with Gasteiger partial charge in [-0.3, -0.25) is 4.79 Å². The average Bonchev–Trinajstić information content (AvgIpc) is 2.33. The second-order valence-corrected chi connectivity index (χ2v) is 8.56. The SMILES string of the molecule is CC(C)(C)NS(=O)(=O)c1cccc(NC(=O)C[C@@](C)(O)C(F)(F)F)c1. The first-order valence-electron chi connectivity index (χ1n) is 7.26. The Morgan fingerprint density at radius 2 is 1.72 bits per heavy atom. The van der Waals surface area contributed by atoms with E-state index in [0.717, 1.165) is 6.07 Å². The smallest absolute Gasteiger partial charge is 0.380 e. The fourth-order valence-corrected chi connectivity index (χ4v) is 3.28. The predicted octanol–water partition coefficient (Wildman–Crippen LogP) is 2.41. The summed E-state index contributed by atoms with van der Waals surface area (Å²) in [6.07, 6.45) is -6.18. The highest BCUT2D eigenvalue weighted by molar-refractivity contribution is 7.89. The van der Waals surface area contributed by atoms with E-state index in [1.807, 2.05) is 0 Å². The second kappa shape index (κ2) is 6.93. The number of rotatable bonds is 5. The number of alkyl halides is 3. The quantitative estimate of drug-likeness (QED) is 0.729. The minimum Gasteiger partial charge on any atom is -0.380 e. The van der Waals surface area contributed by atoms with Crippen molar-refractivity contribution in [1.82, 2.24) is 4.72 Å². The van der Waals surface area contributed by atoms with E-state index in [-0.39, 0.29) is 10.6 Å². The van der Waals surface area contributed by atoms with Gasteiger partial charge in [-0.05, 0) is 45.9 Å². The van der Waals surface area contributed by atoms with Crippen molar-refractivity contribution >= 4 is 21.6 Å². The van der Waals surface area contributed by atoms with E-state index >= 15 is 0 Å². The van der Waals surface area contributed by atoms with Crippen LogP contribution < -0.4 is 10.0 Å². The third-order valence-electron chi connectivity index (χ3n) is 2.98. The number of aliphatic hydroxyl groups is 1. The van der Waals surface area contributed by atoms with Crippen LogP contribution in [-0.2, 0) is 14.8 Å². The lowest BCUT2D eigenvalue weighted by molar-refractivity contribution is -0.252. The number of amides is 1. The van der Waals surface area contributed by atoms with Crippen LogP contribution in [0.3, 0.4) is 0 Å². The maximum Gasteiger partial charge on any atom is 0.417 e. The summed E-state index contributed by atoms with van der Waals surface area (Å²) >= 11 is 0. The predicted molar refractivity (Wildman–Crippen MR) is 86.4 cm³/mol. The second-order valence-electron chi connectivity index (χ2n) is 6.88. The summed E-state index contributed by atoms with van der Waals surface area (Å²) in [5.74, 6) is -1.10. The lowest BCUT2D eigenvalue weighted by atomic mass is 10.0. The first-order valence-corrected chi connectivity index (χ1v) is 8.75. The lowest BCUT2D eigenvalue weighted by Crippen LogP contribution is -2.44. The lowest BCUT2D eigenvalue weighted by Gasteiger charge is -2.25. The Hall–Kier alpha value is -1.65. The molecule has 10 heteroatoms. The highest BCUT2D eigenvalue weighted by Crippen LogP contribution is 2.32. The molecule has 0 fully saturated rings. The highest BCUT2D eigenvalue weighted by atomic mass is 32.2. The molecule has 25 heavy (non-hydrogen) atoms. The van der Waals surface area contributed by atoms with Gasteiger partial charge in [-0.25, -0.2) is 13.1 Å². The molecule has 0 unspecified atom stereocenters. The van der Waals surface area contributed by atoms with Crippen molar-refractivity contribution < 1.29 is 31.5 Å². The van der Waals surface area contributed by atoms with Crippen molar-refractivity contribution in [2.45, 2.75) is 56.3 Å². The van der Waals surface area contributed by atoms with E-state index in [1.54, 1.807) is 20.8 Å². The van der Waals surface area contributed by atoms with Crippen LogP contribution in [-0.4, -0.2) is 36.7 Å². The molecule has 0 bridgehead atoms. The van der Waals surface area contributed by atoms with E-state index in [0.29, 0.717) is 6.92 Å². The summed E-state index contributed by atoms with van der Waals surface area (Å²) in [6.45, 7) is 5.43. The number of nitrogens with one attached hydrogen (secondary N) is 2. The number of hydrogen-bond acceptors (Lipinski definition) is 4. The molecule has 0 aliphatic carbocycles. The summed E-state index contributed by atoms with van der Waals surface area (Å²) < 4.78 is 64.7. The number of hydrogen-bond donors (Lipinski definition) is 3. The van der Waals surface area contributed by atoms with Crippen LogP contribution in [0.4, 0.5) is 18.9 Å². The molecule has 1 rings (SSSR count). The van der Waals surface area contributed by atoms with Gasteiger partial charge in [0.05, 0.1) is 11.3 Å². The zero-order valence-corrected chi connectivity index (χ0v) is 15.0. The Balaban J connectivity index is 2.95. The van der Waals surface area contributed by atoms with Crippen LogP contribution in [0, 0.1) is 0 Å². The molecule has 142 valence electrons. The molecule has 1 atom stereocenters. The van der Waals surface area contributed by atoms with Crippen molar-refractivity contribution in [1.29, 1.82) is 0 Å². The Morgan fingerprint density at radius 1 is 1.16 bits per heavy atom. The molecule has 0 aliphatic heterocycles. The van der Waals surface area contributed by atoms with E-state index < -0.39 is 39.7 Å². The molecule has 0 saturated heterocycles. The molecule has 3 N–H and O–H groups in total. The van der Waals surface area contributed by atoms with Crippen LogP contribution in [0.1, 0.15) is 34.1 Å². The number of anilines is 1. The molecule has 1 aromatic rings. The third-order valence-corrected chi connectivity index (χ3v) is 4.74. The normalized spacial score (nSPS) is 15.5. The van der Waals surface area contributed by atoms with E-state index in [2.05, 4.69) is 10.0 Å². The fraction of sp³-hybridized carbons (Fsp3) is 0.533. The molecule has 1 aromatic carbocycles. The molecule has 0 spiro atoms. The zero-order valence-electron chi connectivity index (χ0n) is 14.2. The standard InChI is InChI=1S/C15H21F3N2O4S/c1-13(2,3)20-25(23,24)11-7-5-6-10(8-11)19-12(21)9-14(4,22)15(16,17)18/h5-8,20,22H,9H2,1-4H3,(H,19,21)/t14-/m1/s1. The van der Waals surface area contributed by atoms with Gasteiger partial charge in [0.15, 0.2) is 5.60 Å². The maximum absolute atomic E-state index is 12.6. The van der Waals surface area contributed by atoms with Crippen molar-refractivity contribution in [2.24, 2.45) is 0 Å². The number of halogens is 3. The summed E-state index contributed by atoms with van der Waals surface area (Å²) in [5.41, 5.74) is -3.92. The first kappa shape index (κ1) is 21.4. The highest BCUT2D eigenvalue weighted by Gasteiger charge is 2.51. The summed E-state index contributed by atoms with van der Waals surface area (Å²) in [7, 11) is -3.87. The molecule has 0 radical (unpaired) electrons. The van der Waals surface area contributed by atoms with Gasteiger partial charge in [0.2, 0.25) is 15.9 Å². The van der Waals surface area contributed by atoms with Crippen LogP contribution in [0.2, 0.25) is 0 Å². The molecule has 0 aromatic heterocycles. The van der Waals surface area contributed by atoms with E-state index in [4.69, 9.17) is 0 Å². The van der Waals surface area contributed by atoms with Crippen molar-refractivity contribution in [2.75, 3.05) is 5.32 Å².